The van der Waals surface area contributed by atoms with Gasteiger partial charge in [0.1, 0.15) is 0 Å². The molecule has 0 aromatic rings. The highest BCUT2D eigenvalue weighted by Crippen LogP contribution is 2.09. The summed E-state index contributed by atoms with van der Waals surface area (Å²) in [7, 11) is 1.61. The monoisotopic (exact) mass is 230 g/mol. The van der Waals surface area contributed by atoms with Crippen molar-refractivity contribution in [2.45, 2.75) is 25.9 Å². The standard InChI is InChI=1S/C12H26N2O2/c1-11(9-14-5-3-4-6-14)7-13-8-12(15)10-16-2/h11-13,15H,3-10H2,1-2H3. The number of nitrogens with one attached hydrogen (secondary N) is 1. The molecule has 0 spiro atoms. The zero-order valence-corrected chi connectivity index (χ0v) is 10.6. The van der Waals surface area contributed by atoms with Crippen molar-refractivity contribution < 1.29 is 9.84 Å². The fourth-order valence-electron chi connectivity index (χ4n) is 2.22. The first-order chi connectivity index (χ1) is 7.72. The Kier molecular flexibility index (Phi) is 6.96. The highest BCUT2D eigenvalue weighted by Gasteiger charge is 2.14. The Morgan fingerprint density at radius 3 is 2.62 bits per heavy atom. The van der Waals surface area contributed by atoms with Gasteiger partial charge in [-0.3, -0.25) is 0 Å². The van der Waals surface area contributed by atoms with Crippen molar-refractivity contribution in [1.29, 1.82) is 0 Å². The van der Waals surface area contributed by atoms with Crippen LogP contribution in [0.3, 0.4) is 0 Å². The second kappa shape index (κ2) is 8.01. The van der Waals surface area contributed by atoms with Crippen molar-refractivity contribution in [2.24, 2.45) is 5.92 Å². The number of likely N-dealkylation sites (tertiary alicyclic amines) is 1. The summed E-state index contributed by atoms with van der Waals surface area (Å²) < 4.78 is 4.87. The van der Waals surface area contributed by atoms with Gasteiger partial charge in [0.05, 0.1) is 12.7 Å². The van der Waals surface area contributed by atoms with Crippen molar-refractivity contribution in [3.8, 4) is 0 Å². The zero-order valence-electron chi connectivity index (χ0n) is 10.6. The zero-order chi connectivity index (χ0) is 11.8. The van der Waals surface area contributed by atoms with Crippen LogP contribution in [-0.4, -0.2) is 62.6 Å². The minimum absolute atomic E-state index is 0.385. The van der Waals surface area contributed by atoms with E-state index in [-0.39, 0.29) is 6.10 Å². The van der Waals surface area contributed by atoms with E-state index in [1.165, 1.54) is 32.5 Å². The van der Waals surface area contributed by atoms with Gasteiger partial charge in [-0.15, -0.1) is 0 Å². The van der Waals surface area contributed by atoms with Gasteiger partial charge in [0.25, 0.3) is 0 Å². The fraction of sp³-hybridized carbons (Fsp3) is 1.00. The maximum Gasteiger partial charge on any atom is 0.0897 e. The Bertz CT molecular complexity index is 172. The number of nitrogens with zero attached hydrogens (tertiary/aromatic N) is 1. The molecule has 0 saturated carbocycles. The molecule has 2 N–H and O–H groups in total. The van der Waals surface area contributed by atoms with E-state index in [9.17, 15) is 5.11 Å². The lowest BCUT2D eigenvalue weighted by Crippen LogP contribution is -2.36. The maximum absolute atomic E-state index is 9.45. The van der Waals surface area contributed by atoms with Crippen molar-refractivity contribution in [3.63, 3.8) is 0 Å². The first-order valence-corrected chi connectivity index (χ1v) is 6.32. The van der Waals surface area contributed by atoms with Crippen LogP contribution in [-0.2, 0) is 4.74 Å². The second-order valence-corrected chi connectivity index (χ2v) is 4.88. The molecular formula is C12H26N2O2. The van der Waals surface area contributed by atoms with E-state index in [4.69, 9.17) is 4.74 Å². The van der Waals surface area contributed by atoms with Crippen LogP contribution >= 0.6 is 0 Å². The third kappa shape index (κ3) is 5.80. The molecule has 0 aromatic carbocycles. The summed E-state index contributed by atoms with van der Waals surface area (Å²) in [6, 6.07) is 0. The lowest BCUT2D eigenvalue weighted by Gasteiger charge is -2.21. The van der Waals surface area contributed by atoms with E-state index in [1.807, 2.05) is 0 Å². The molecule has 96 valence electrons. The van der Waals surface area contributed by atoms with Crippen LogP contribution in [0, 0.1) is 5.92 Å². The lowest BCUT2D eigenvalue weighted by atomic mass is 10.1. The van der Waals surface area contributed by atoms with Crippen molar-refractivity contribution >= 4 is 0 Å². The van der Waals surface area contributed by atoms with Crippen LogP contribution in [0.2, 0.25) is 0 Å². The molecule has 1 rings (SSSR count). The van der Waals surface area contributed by atoms with Crippen LogP contribution in [0.5, 0.6) is 0 Å². The number of aliphatic hydroxyl groups excluding tert-OH is 1. The number of ether oxygens (including phenoxy) is 1. The Hall–Kier alpha value is -0.160. The Morgan fingerprint density at radius 2 is 2.00 bits per heavy atom. The largest absolute Gasteiger partial charge is 0.389 e. The van der Waals surface area contributed by atoms with Gasteiger partial charge in [0.2, 0.25) is 0 Å². The number of hydrogen-bond acceptors (Lipinski definition) is 4. The van der Waals surface area contributed by atoms with E-state index in [0.717, 1.165) is 6.54 Å². The third-order valence-corrected chi connectivity index (χ3v) is 3.00. The summed E-state index contributed by atoms with van der Waals surface area (Å²) >= 11 is 0. The van der Waals surface area contributed by atoms with Crippen LogP contribution < -0.4 is 5.32 Å². The number of methoxy groups -OCH3 is 1. The minimum atomic E-state index is -0.385. The Morgan fingerprint density at radius 1 is 1.31 bits per heavy atom. The van der Waals surface area contributed by atoms with Gasteiger partial charge in [-0.05, 0) is 38.4 Å². The van der Waals surface area contributed by atoms with Crippen molar-refractivity contribution in [2.75, 3.05) is 46.4 Å². The van der Waals surface area contributed by atoms with E-state index in [2.05, 4.69) is 17.1 Å². The van der Waals surface area contributed by atoms with Gasteiger partial charge >= 0.3 is 0 Å². The Balaban J connectivity index is 1.98. The highest BCUT2D eigenvalue weighted by molar-refractivity contribution is 4.70. The number of hydrogen-bond donors (Lipinski definition) is 2. The van der Waals surface area contributed by atoms with Crippen LogP contribution in [0.1, 0.15) is 19.8 Å². The van der Waals surface area contributed by atoms with Gasteiger partial charge in [-0.25, -0.2) is 0 Å². The fourth-order valence-corrected chi connectivity index (χ4v) is 2.22. The molecular weight excluding hydrogens is 204 g/mol. The molecule has 0 aliphatic carbocycles. The van der Waals surface area contributed by atoms with E-state index in [1.54, 1.807) is 7.11 Å². The summed E-state index contributed by atoms with van der Waals surface area (Å²) in [5.41, 5.74) is 0. The van der Waals surface area contributed by atoms with Crippen LogP contribution in [0.25, 0.3) is 0 Å². The maximum atomic E-state index is 9.45. The summed E-state index contributed by atoms with van der Waals surface area (Å²) in [6.45, 7) is 7.96. The summed E-state index contributed by atoms with van der Waals surface area (Å²) in [5, 5.41) is 12.7. The SMILES string of the molecule is COCC(O)CNCC(C)CN1CCCC1. The molecule has 1 aliphatic rings. The Labute approximate surface area is 99.0 Å². The molecule has 4 nitrogen and oxygen atoms in total. The highest BCUT2D eigenvalue weighted by atomic mass is 16.5. The van der Waals surface area contributed by atoms with Crippen molar-refractivity contribution in [1.82, 2.24) is 10.2 Å². The summed E-state index contributed by atoms with van der Waals surface area (Å²) in [6.07, 6.45) is 2.32. The quantitative estimate of drug-likeness (QED) is 0.630. The first kappa shape index (κ1) is 13.9. The molecule has 0 radical (unpaired) electrons. The second-order valence-electron chi connectivity index (χ2n) is 4.88. The smallest absolute Gasteiger partial charge is 0.0897 e. The first-order valence-electron chi connectivity index (χ1n) is 6.32. The lowest BCUT2D eigenvalue weighted by molar-refractivity contribution is 0.0639. The van der Waals surface area contributed by atoms with E-state index in [0.29, 0.717) is 19.1 Å². The van der Waals surface area contributed by atoms with Crippen LogP contribution in [0.15, 0.2) is 0 Å². The molecule has 16 heavy (non-hydrogen) atoms. The molecule has 2 unspecified atom stereocenters. The molecule has 0 aromatic heterocycles. The number of rotatable bonds is 8. The van der Waals surface area contributed by atoms with Gasteiger partial charge < -0.3 is 20.1 Å². The van der Waals surface area contributed by atoms with Crippen molar-refractivity contribution in [3.05, 3.63) is 0 Å². The van der Waals surface area contributed by atoms with Gasteiger partial charge in [0, 0.05) is 20.2 Å². The predicted octanol–water partition coefficient (Wildman–Crippen LogP) is 0.315. The topological polar surface area (TPSA) is 44.7 Å². The minimum Gasteiger partial charge on any atom is -0.389 e. The van der Waals surface area contributed by atoms with Crippen LogP contribution in [0.4, 0.5) is 0 Å². The van der Waals surface area contributed by atoms with Gasteiger partial charge in [-0.1, -0.05) is 6.92 Å². The molecule has 1 heterocycles. The predicted molar refractivity (Wildman–Crippen MR) is 65.6 cm³/mol. The normalized spacial score (nSPS) is 21.2. The molecule has 1 saturated heterocycles. The number of aliphatic hydroxyl groups is 1. The van der Waals surface area contributed by atoms with Gasteiger partial charge in [-0.2, -0.15) is 0 Å². The average Bonchev–Trinajstić information content (AvgIpc) is 2.70. The molecule has 2 atom stereocenters. The molecule has 1 fully saturated rings. The molecule has 1 aliphatic heterocycles. The summed E-state index contributed by atoms with van der Waals surface area (Å²) in [5.74, 6) is 0.646. The molecule has 0 bridgehead atoms. The van der Waals surface area contributed by atoms with Gasteiger partial charge in [0.15, 0.2) is 0 Å². The third-order valence-electron chi connectivity index (χ3n) is 3.00. The summed E-state index contributed by atoms with van der Waals surface area (Å²) in [4.78, 5) is 2.53. The average molecular weight is 230 g/mol. The van der Waals surface area contributed by atoms with E-state index >= 15 is 0 Å². The molecule has 0 amide bonds. The molecule has 4 heteroatoms. The van der Waals surface area contributed by atoms with E-state index < -0.39 is 0 Å².